The topological polar surface area (TPSA) is 84.7 Å². The number of rotatable bonds is 5. The van der Waals surface area contributed by atoms with Crippen molar-refractivity contribution in [1.29, 1.82) is 5.26 Å². The standard InChI is InChI=1S/C15H13ClN4OS/c16-14-12(6-17)15(22-20-14)19-10(8-21)5-9-7-18-13-4-2-1-3-11(9)13/h1-4,7,10,18-19,21H,5,8H2/t10-/m1/s1. The third-order valence-electron chi connectivity index (χ3n) is 3.46. The number of aromatic amines is 1. The maximum Gasteiger partial charge on any atom is 0.162 e. The molecule has 112 valence electrons. The monoisotopic (exact) mass is 332 g/mol. The molecule has 0 aliphatic carbocycles. The number of hydrogen-bond donors (Lipinski definition) is 3. The van der Waals surface area contributed by atoms with Gasteiger partial charge >= 0.3 is 0 Å². The van der Waals surface area contributed by atoms with E-state index in [9.17, 15) is 5.11 Å². The lowest BCUT2D eigenvalue weighted by Crippen LogP contribution is -2.26. The molecule has 2 aromatic heterocycles. The summed E-state index contributed by atoms with van der Waals surface area (Å²) in [6.45, 7) is -0.0557. The number of nitriles is 1. The number of hydrogen-bond acceptors (Lipinski definition) is 5. The molecule has 7 heteroatoms. The molecule has 3 aromatic rings. The molecular weight excluding hydrogens is 320 g/mol. The van der Waals surface area contributed by atoms with Crippen molar-refractivity contribution in [3.63, 3.8) is 0 Å². The van der Waals surface area contributed by atoms with Crippen molar-refractivity contribution in [3.8, 4) is 6.07 Å². The summed E-state index contributed by atoms with van der Waals surface area (Å²) in [7, 11) is 0. The SMILES string of the molecule is N#Cc1c(Cl)nsc1N[C@@H](CO)Cc1c[nH]c2ccccc12. The van der Waals surface area contributed by atoms with Gasteiger partial charge in [0.1, 0.15) is 16.6 Å². The molecule has 1 aromatic carbocycles. The van der Waals surface area contributed by atoms with Crippen molar-refractivity contribution in [2.24, 2.45) is 0 Å². The number of aromatic nitrogens is 2. The first-order chi connectivity index (χ1) is 10.7. The molecule has 0 aliphatic rings. The molecule has 0 unspecified atom stereocenters. The summed E-state index contributed by atoms with van der Waals surface area (Å²) in [5, 5.41) is 23.8. The van der Waals surface area contributed by atoms with E-state index in [-0.39, 0.29) is 17.8 Å². The zero-order chi connectivity index (χ0) is 15.5. The Bertz CT molecular complexity index is 836. The van der Waals surface area contributed by atoms with Crippen LogP contribution in [0.4, 0.5) is 5.00 Å². The van der Waals surface area contributed by atoms with Crippen molar-refractivity contribution >= 4 is 39.0 Å². The summed E-state index contributed by atoms with van der Waals surface area (Å²) in [6, 6.07) is 9.82. The van der Waals surface area contributed by atoms with Gasteiger partial charge in [-0.3, -0.25) is 0 Å². The first kappa shape index (κ1) is 14.9. The number of halogens is 1. The third kappa shape index (κ3) is 2.79. The first-order valence-corrected chi connectivity index (χ1v) is 7.85. The molecule has 3 N–H and O–H groups in total. The minimum atomic E-state index is -0.220. The molecule has 22 heavy (non-hydrogen) atoms. The summed E-state index contributed by atoms with van der Waals surface area (Å²) in [5.41, 5.74) is 2.49. The smallest absolute Gasteiger partial charge is 0.162 e. The number of benzene rings is 1. The van der Waals surface area contributed by atoms with Gasteiger partial charge in [-0.2, -0.15) is 9.64 Å². The van der Waals surface area contributed by atoms with Crippen LogP contribution in [0, 0.1) is 11.3 Å². The highest BCUT2D eigenvalue weighted by Gasteiger charge is 2.17. The average Bonchev–Trinajstić information content (AvgIpc) is 3.10. The van der Waals surface area contributed by atoms with Gasteiger partial charge in [0.25, 0.3) is 0 Å². The van der Waals surface area contributed by atoms with Crippen LogP contribution in [0.15, 0.2) is 30.5 Å². The second-order valence-corrected chi connectivity index (χ2v) is 6.01. The fraction of sp³-hybridized carbons (Fsp3) is 0.200. The first-order valence-electron chi connectivity index (χ1n) is 6.70. The predicted octanol–water partition coefficient (Wildman–Crippen LogP) is 3.16. The number of fused-ring (bicyclic) bond motifs is 1. The van der Waals surface area contributed by atoms with Crippen LogP contribution in [-0.4, -0.2) is 27.1 Å². The molecular formula is C15H13ClN4OS. The lowest BCUT2D eigenvalue weighted by atomic mass is 10.1. The average molecular weight is 333 g/mol. The molecule has 1 atom stereocenters. The van der Waals surface area contributed by atoms with Crippen molar-refractivity contribution < 1.29 is 5.11 Å². The van der Waals surface area contributed by atoms with Gasteiger partial charge in [-0.1, -0.05) is 29.8 Å². The molecule has 0 fully saturated rings. The molecule has 2 heterocycles. The van der Waals surface area contributed by atoms with E-state index in [0.717, 1.165) is 28.0 Å². The van der Waals surface area contributed by atoms with E-state index in [1.165, 1.54) is 0 Å². The second kappa shape index (κ2) is 6.36. The van der Waals surface area contributed by atoms with E-state index in [1.807, 2.05) is 36.5 Å². The van der Waals surface area contributed by atoms with Crippen LogP contribution < -0.4 is 5.32 Å². The zero-order valence-electron chi connectivity index (χ0n) is 11.5. The number of aliphatic hydroxyl groups is 1. The van der Waals surface area contributed by atoms with Gasteiger partial charge in [0.2, 0.25) is 0 Å². The molecule has 0 aliphatic heterocycles. The highest BCUT2D eigenvalue weighted by molar-refractivity contribution is 7.10. The summed E-state index contributed by atoms with van der Waals surface area (Å²) in [5.74, 6) is 0. The van der Waals surface area contributed by atoms with Crippen LogP contribution >= 0.6 is 23.1 Å². The number of anilines is 1. The fourth-order valence-electron chi connectivity index (χ4n) is 2.38. The Morgan fingerprint density at radius 1 is 1.45 bits per heavy atom. The lowest BCUT2D eigenvalue weighted by Gasteiger charge is -2.15. The van der Waals surface area contributed by atoms with Gasteiger partial charge in [0, 0.05) is 17.1 Å². The van der Waals surface area contributed by atoms with Gasteiger partial charge < -0.3 is 15.4 Å². The summed E-state index contributed by atoms with van der Waals surface area (Å²) < 4.78 is 3.96. The van der Waals surface area contributed by atoms with Crippen LogP contribution in [-0.2, 0) is 6.42 Å². The molecule has 5 nitrogen and oxygen atoms in total. The third-order valence-corrected chi connectivity index (χ3v) is 4.61. The van der Waals surface area contributed by atoms with E-state index in [1.54, 1.807) is 0 Å². The van der Waals surface area contributed by atoms with Crippen LogP contribution in [0.1, 0.15) is 11.1 Å². The summed E-state index contributed by atoms with van der Waals surface area (Å²) in [6.07, 6.45) is 2.57. The van der Waals surface area contributed by atoms with Crippen LogP contribution in [0.3, 0.4) is 0 Å². The van der Waals surface area contributed by atoms with E-state index in [4.69, 9.17) is 16.9 Å². The molecule has 0 radical (unpaired) electrons. The molecule has 0 saturated heterocycles. The van der Waals surface area contributed by atoms with E-state index in [0.29, 0.717) is 17.0 Å². The Kier molecular flexibility index (Phi) is 4.29. The van der Waals surface area contributed by atoms with Gasteiger partial charge in [-0.05, 0) is 29.6 Å². The van der Waals surface area contributed by atoms with Crippen LogP contribution in [0.25, 0.3) is 10.9 Å². The molecule has 0 saturated carbocycles. The number of nitrogens with zero attached hydrogens (tertiary/aromatic N) is 2. The molecule has 0 spiro atoms. The minimum Gasteiger partial charge on any atom is -0.394 e. The Morgan fingerprint density at radius 2 is 2.27 bits per heavy atom. The number of nitrogens with one attached hydrogen (secondary N) is 2. The highest BCUT2D eigenvalue weighted by Crippen LogP contribution is 2.29. The largest absolute Gasteiger partial charge is 0.394 e. The fourth-order valence-corrected chi connectivity index (χ4v) is 3.39. The summed E-state index contributed by atoms with van der Waals surface area (Å²) in [4.78, 5) is 3.22. The normalized spacial score (nSPS) is 12.2. The number of H-pyrrole nitrogens is 1. The predicted molar refractivity (Wildman–Crippen MR) is 88.3 cm³/mol. The molecule has 3 rings (SSSR count). The minimum absolute atomic E-state index is 0.0557. The van der Waals surface area contributed by atoms with Crippen LogP contribution in [0.5, 0.6) is 0 Å². The van der Waals surface area contributed by atoms with Gasteiger partial charge in [-0.15, -0.1) is 0 Å². The number of aliphatic hydroxyl groups excluding tert-OH is 1. The van der Waals surface area contributed by atoms with Crippen LogP contribution in [0.2, 0.25) is 5.15 Å². The van der Waals surface area contributed by atoms with Gasteiger partial charge in [0.05, 0.1) is 12.6 Å². The number of para-hydroxylation sites is 1. The molecule has 0 bridgehead atoms. The second-order valence-electron chi connectivity index (χ2n) is 4.88. The van der Waals surface area contributed by atoms with Crippen molar-refractivity contribution in [2.75, 3.05) is 11.9 Å². The maximum absolute atomic E-state index is 9.62. The van der Waals surface area contributed by atoms with Crippen molar-refractivity contribution in [2.45, 2.75) is 12.5 Å². The van der Waals surface area contributed by atoms with Crippen molar-refractivity contribution in [3.05, 3.63) is 46.7 Å². The Labute approximate surface area is 136 Å². The highest BCUT2D eigenvalue weighted by atomic mass is 35.5. The van der Waals surface area contributed by atoms with E-state index >= 15 is 0 Å². The lowest BCUT2D eigenvalue weighted by molar-refractivity contribution is 0.274. The Hall–Kier alpha value is -2.07. The summed E-state index contributed by atoms with van der Waals surface area (Å²) >= 11 is 6.99. The van der Waals surface area contributed by atoms with E-state index < -0.39 is 0 Å². The van der Waals surface area contributed by atoms with Gasteiger partial charge in [-0.25, -0.2) is 0 Å². The molecule has 0 amide bonds. The quantitative estimate of drug-likeness (QED) is 0.670. The van der Waals surface area contributed by atoms with E-state index in [2.05, 4.69) is 14.7 Å². The maximum atomic E-state index is 9.62. The van der Waals surface area contributed by atoms with Crippen molar-refractivity contribution in [1.82, 2.24) is 9.36 Å². The Balaban J connectivity index is 1.82. The van der Waals surface area contributed by atoms with Gasteiger partial charge in [0.15, 0.2) is 5.15 Å². The Morgan fingerprint density at radius 3 is 3.05 bits per heavy atom. The zero-order valence-corrected chi connectivity index (χ0v) is 13.1.